The van der Waals surface area contributed by atoms with Crippen molar-refractivity contribution < 1.29 is 27.5 Å². The Bertz CT molecular complexity index is 1470. The zero-order valence-corrected chi connectivity index (χ0v) is 23.7. The van der Waals surface area contributed by atoms with E-state index >= 15 is 0 Å². The van der Waals surface area contributed by atoms with Crippen LogP contribution in [-0.4, -0.2) is 57.4 Å². The van der Waals surface area contributed by atoms with Crippen molar-refractivity contribution in [2.24, 2.45) is 0 Å². The standard InChI is InChI=1S/C30H31F3N4O4S/c31-30(32,33)28(40)41-22-11-9-20(10-12-22)13-16-34-17-14-26(38)36-18-15-25-24(19-36)27(39)37(21-5-2-1-3-6-21)29(35-25)42-23-7-4-8-23/h1-3,5-6,9-12,23,34H,4,7-8,13-19H2. The molecule has 1 amide bonds. The van der Waals surface area contributed by atoms with E-state index in [4.69, 9.17) is 4.98 Å². The van der Waals surface area contributed by atoms with Crippen LogP contribution in [0.25, 0.3) is 5.69 Å². The maximum atomic E-state index is 13.7. The van der Waals surface area contributed by atoms with Gasteiger partial charge in [0.05, 0.1) is 23.5 Å². The molecule has 0 bridgehead atoms. The van der Waals surface area contributed by atoms with Crippen molar-refractivity contribution in [3.05, 3.63) is 81.8 Å². The number of carbonyl (C=O) groups is 2. The fourth-order valence-electron chi connectivity index (χ4n) is 4.79. The predicted octanol–water partition coefficient (Wildman–Crippen LogP) is 4.45. The van der Waals surface area contributed by atoms with E-state index in [1.54, 1.807) is 33.4 Å². The summed E-state index contributed by atoms with van der Waals surface area (Å²) in [4.78, 5) is 44.3. The second-order valence-corrected chi connectivity index (χ2v) is 11.6. The van der Waals surface area contributed by atoms with Crippen molar-refractivity contribution in [1.29, 1.82) is 0 Å². The lowest BCUT2D eigenvalue weighted by Crippen LogP contribution is -2.42. The summed E-state index contributed by atoms with van der Waals surface area (Å²) in [6.07, 6.45) is -0.235. The molecule has 0 atom stereocenters. The number of nitrogens with one attached hydrogen (secondary N) is 1. The fourth-order valence-corrected chi connectivity index (χ4v) is 6.11. The van der Waals surface area contributed by atoms with Crippen LogP contribution in [-0.2, 0) is 29.0 Å². The highest BCUT2D eigenvalue weighted by Gasteiger charge is 2.41. The molecule has 0 unspecified atom stereocenters. The Hall–Kier alpha value is -3.64. The Labute approximate surface area is 245 Å². The van der Waals surface area contributed by atoms with Gasteiger partial charge in [0.1, 0.15) is 5.75 Å². The van der Waals surface area contributed by atoms with Crippen LogP contribution in [0, 0.1) is 0 Å². The number of rotatable bonds is 10. The van der Waals surface area contributed by atoms with Gasteiger partial charge in [-0.25, -0.2) is 9.78 Å². The molecule has 0 radical (unpaired) electrons. The summed E-state index contributed by atoms with van der Waals surface area (Å²) in [6, 6.07) is 15.3. The quantitative estimate of drug-likeness (QED) is 0.159. The summed E-state index contributed by atoms with van der Waals surface area (Å²) >= 11 is 1.67. The molecule has 1 fully saturated rings. The molecule has 1 aromatic heterocycles. The van der Waals surface area contributed by atoms with Gasteiger partial charge in [0, 0.05) is 31.2 Å². The lowest BCUT2D eigenvalue weighted by molar-refractivity contribution is -0.189. The minimum atomic E-state index is -5.05. The summed E-state index contributed by atoms with van der Waals surface area (Å²) in [5, 5.41) is 4.40. The van der Waals surface area contributed by atoms with E-state index in [9.17, 15) is 27.6 Å². The van der Waals surface area contributed by atoms with E-state index in [-0.39, 0.29) is 30.2 Å². The molecule has 2 aromatic carbocycles. The normalized spacial score (nSPS) is 15.2. The van der Waals surface area contributed by atoms with Crippen LogP contribution in [0.15, 0.2) is 64.5 Å². The molecule has 1 aliphatic carbocycles. The molecule has 42 heavy (non-hydrogen) atoms. The van der Waals surface area contributed by atoms with Gasteiger partial charge in [-0.1, -0.05) is 48.5 Å². The maximum absolute atomic E-state index is 13.7. The Balaban J connectivity index is 1.14. The van der Waals surface area contributed by atoms with Gasteiger partial charge in [-0.2, -0.15) is 13.2 Å². The number of nitrogens with zero attached hydrogens (tertiary/aromatic N) is 3. The Morgan fingerprint density at radius 3 is 2.45 bits per heavy atom. The van der Waals surface area contributed by atoms with Gasteiger partial charge in [-0.3, -0.25) is 14.2 Å². The zero-order chi connectivity index (χ0) is 29.7. The number of para-hydroxylation sites is 1. The first-order chi connectivity index (χ1) is 20.2. The van der Waals surface area contributed by atoms with Crippen LogP contribution >= 0.6 is 11.8 Å². The van der Waals surface area contributed by atoms with Gasteiger partial charge in [-0.05, 0) is 55.6 Å². The van der Waals surface area contributed by atoms with Crippen LogP contribution in [0.1, 0.15) is 42.5 Å². The van der Waals surface area contributed by atoms with Crippen molar-refractivity contribution >= 4 is 23.6 Å². The zero-order valence-electron chi connectivity index (χ0n) is 22.9. The van der Waals surface area contributed by atoms with Crippen molar-refractivity contribution in [3.8, 4) is 11.4 Å². The first-order valence-electron chi connectivity index (χ1n) is 13.9. The number of fused-ring (bicyclic) bond motifs is 1. The molecular weight excluding hydrogens is 569 g/mol. The van der Waals surface area contributed by atoms with Crippen LogP contribution < -0.4 is 15.6 Å². The molecule has 222 valence electrons. The minimum Gasteiger partial charge on any atom is -0.420 e. The number of esters is 1. The number of thioether (sulfide) groups is 1. The minimum absolute atomic E-state index is 0.0532. The summed E-state index contributed by atoms with van der Waals surface area (Å²) < 4.78 is 43.0. The van der Waals surface area contributed by atoms with E-state index in [1.807, 2.05) is 30.3 Å². The Morgan fingerprint density at radius 1 is 1.05 bits per heavy atom. The second-order valence-electron chi connectivity index (χ2n) is 10.3. The highest BCUT2D eigenvalue weighted by Crippen LogP contribution is 2.36. The molecule has 0 spiro atoms. The van der Waals surface area contributed by atoms with E-state index in [0.717, 1.165) is 34.9 Å². The first kappa shape index (κ1) is 29.8. The summed E-state index contributed by atoms with van der Waals surface area (Å²) in [5.74, 6) is -2.49. The third kappa shape index (κ3) is 7.22. The largest absolute Gasteiger partial charge is 0.491 e. The number of amides is 1. The average molecular weight is 601 g/mol. The number of hydrogen-bond donors (Lipinski definition) is 1. The van der Waals surface area contributed by atoms with Crippen molar-refractivity contribution in [1.82, 2.24) is 19.8 Å². The van der Waals surface area contributed by atoms with Crippen molar-refractivity contribution in [3.63, 3.8) is 0 Å². The molecule has 3 aromatic rings. The maximum Gasteiger partial charge on any atom is 0.491 e. The van der Waals surface area contributed by atoms with Crippen LogP contribution in [0.3, 0.4) is 0 Å². The molecule has 8 nitrogen and oxygen atoms in total. The number of hydrogen-bond acceptors (Lipinski definition) is 7. The first-order valence-corrected chi connectivity index (χ1v) is 14.8. The topological polar surface area (TPSA) is 93.5 Å². The van der Waals surface area contributed by atoms with Gasteiger partial charge < -0.3 is 15.0 Å². The lowest BCUT2D eigenvalue weighted by atomic mass is 10.0. The van der Waals surface area contributed by atoms with Gasteiger partial charge in [0.2, 0.25) is 5.91 Å². The van der Waals surface area contributed by atoms with E-state index in [0.29, 0.717) is 43.3 Å². The highest BCUT2D eigenvalue weighted by molar-refractivity contribution is 7.99. The van der Waals surface area contributed by atoms with E-state index in [2.05, 4.69) is 10.1 Å². The van der Waals surface area contributed by atoms with E-state index in [1.165, 1.54) is 18.6 Å². The van der Waals surface area contributed by atoms with Gasteiger partial charge in [0.25, 0.3) is 5.56 Å². The fraction of sp³-hybridized carbons (Fsp3) is 0.400. The summed E-state index contributed by atoms with van der Waals surface area (Å²) in [5.41, 5.74) is 2.82. The summed E-state index contributed by atoms with van der Waals surface area (Å²) in [7, 11) is 0. The molecule has 2 aliphatic rings. The van der Waals surface area contributed by atoms with Crippen molar-refractivity contribution in [2.75, 3.05) is 19.6 Å². The number of aromatic nitrogens is 2. The molecule has 0 saturated heterocycles. The molecule has 1 aliphatic heterocycles. The number of ether oxygens (including phenoxy) is 1. The van der Waals surface area contributed by atoms with Crippen molar-refractivity contribution in [2.45, 2.75) is 61.7 Å². The van der Waals surface area contributed by atoms with Gasteiger partial charge in [0.15, 0.2) is 5.16 Å². The predicted molar refractivity (Wildman–Crippen MR) is 152 cm³/mol. The number of halogens is 3. The second kappa shape index (κ2) is 13.1. The molecule has 1 saturated carbocycles. The molecule has 1 N–H and O–H groups in total. The van der Waals surface area contributed by atoms with Gasteiger partial charge in [-0.15, -0.1) is 0 Å². The number of alkyl halides is 3. The number of carbonyl (C=O) groups excluding carboxylic acids is 2. The lowest BCUT2D eigenvalue weighted by Gasteiger charge is -2.30. The van der Waals surface area contributed by atoms with Crippen LogP contribution in [0.4, 0.5) is 13.2 Å². The van der Waals surface area contributed by atoms with Gasteiger partial charge >= 0.3 is 12.1 Å². The highest BCUT2D eigenvalue weighted by atomic mass is 32.2. The van der Waals surface area contributed by atoms with Crippen LogP contribution in [0.2, 0.25) is 0 Å². The average Bonchev–Trinajstić information content (AvgIpc) is 2.95. The monoisotopic (exact) mass is 600 g/mol. The molecule has 5 rings (SSSR count). The van der Waals surface area contributed by atoms with E-state index < -0.39 is 12.1 Å². The Morgan fingerprint density at radius 2 is 1.79 bits per heavy atom. The molecule has 12 heteroatoms. The number of benzene rings is 2. The summed E-state index contributed by atoms with van der Waals surface area (Å²) in [6.45, 7) is 1.72. The smallest absolute Gasteiger partial charge is 0.420 e. The third-order valence-electron chi connectivity index (χ3n) is 7.36. The molecular formula is C30H31F3N4O4S. The Kier molecular flexibility index (Phi) is 9.32. The SMILES string of the molecule is O=C(CCNCCc1ccc(OC(=O)C(F)(F)F)cc1)N1CCc2nc(SC3CCC3)n(-c3ccccc3)c(=O)c2C1. The molecule has 2 heterocycles. The van der Waals surface area contributed by atoms with Crippen LogP contribution in [0.5, 0.6) is 5.75 Å². The third-order valence-corrected chi connectivity index (χ3v) is 8.65.